The summed E-state index contributed by atoms with van der Waals surface area (Å²) in [5.41, 5.74) is 4.09. The summed E-state index contributed by atoms with van der Waals surface area (Å²) in [6.45, 7) is 1.98. The molecule has 1 aliphatic rings. The molecule has 4 rings (SSSR count). The van der Waals surface area contributed by atoms with Crippen LogP contribution in [0.3, 0.4) is 0 Å². The van der Waals surface area contributed by atoms with Crippen molar-refractivity contribution in [2.75, 3.05) is 24.2 Å². The minimum absolute atomic E-state index is 0.277. The Kier molecular flexibility index (Phi) is 5.26. The Morgan fingerprint density at radius 1 is 0.857 bits per heavy atom. The summed E-state index contributed by atoms with van der Waals surface area (Å²) in [6, 6.07) is 22.7. The third-order valence-corrected chi connectivity index (χ3v) is 4.74. The molecule has 2 N–H and O–H groups in total. The van der Waals surface area contributed by atoms with Gasteiger partial charge in [-0.1, -0.05) is 30.3 Å². The molecule has 5 heteroatoms. The first-order chi connectivity index (χ1) is 13.7. The van der Waals surface area contributed by atoms with Crippen LogP contribution in [0, 0.1) is 0 Å². The first-order valence-electron chi connectivity index (χ1n) is 9.37. The Morgan fingerprint density at radius 2 is 1.61 bits per heavy atom. The molecule has 0 aromatic heterocycles. The number of carbonyl (C=O) groups excluding carboxylic acids is 1. The number of nitrogens with one attached hydrogen (secondary N) is 2. The number of nitrogens with zero attached hydrogens (tertiary/aromatic N) is 1. The van der Waals surface area contributed by atoms with Crippen molar-refractivity contribution in [2.45, 2.75) is 13.0 Å². The number of amides is 2. The maximum absolute atomic E-state index is 12.4. The van der Waals surface area contributed by atoms with Crippen LogP contribution in [0.4, 0.5) is 16.2 Å². The lowest BCUT2D eigenvalue weighted by Gasteiger charge is -2.25. The summed E-state index contributed by atoms with van der Waals surface area (Å²) in [4.78, 5) is 14.7. The largest absolute Gasteiger partial charge is 0.457 e. The van der Waals surface area contributed by atoms with Crippen LogP contribution in [0.15, 0.2) is 72.8 Å². The molecule has 5 nitrogen and oxygen atoms in total. The van der Waals surface area contributed by atoms with Crippen LogP contribution in [-0.2, 0) is 13.0 Å². The van der Waals surface area contributed by atoms with E-state index >= 15 is 0 Å². The Morgan fingerprint density at radius 3 is 2.43 bits per heavy atom. The van der Waals surface area contributed by atoms with E-state index in [2.05, 4.69) is 34.7 Å². The Hall–Kier alpha value is -3.31. The molecule has 3 aromatic carbocycles. The van der Waals surface area contributed by atoms with Gasteiger partial charge in [-0.25, -0.2) is 4.79 Å². The van der Waals surface area contributed by atoms with Gasteiger partial charge in [0.25, 0.3) is 0 Å². The molecular formula is C23H23N3O2. The summed E-state index contributed by atoms with van der Waals surface area (Å²) in [5.74, 6) is 1.42. The molecule has 0 aliphatic carbocycles. The van der Waals surface area contributed by atoms with E-state index in [4.69, 9.17) is 4.74 Å². The molecule has 3 aromatic rings. The number of carbonyl (C=O) groups is 1. The highest BCUT2D eigenvalue weighted by atomic mass is 16.5. The Balaban J connectivity index is 1.40. The van der Waals surface area contributed by atoms with E-state index in [0.29, 0.717) is 11.4 Å². The second kappa shape index (κ2) is 8.15. The molecule has 2 amide bonds. The van der Waals surface area contributed by atoms with Crippen LogP contribution in [0.5, 0.6) is 11.5 Å². The van der Waals surface area contributed by atoms with Crippen LogP contribution < -0.4 is 15.4 Å². The first kappa shape index (κ1) is 18.1. The van der Waals surface area contributed by atoms with E-state index in [1.54, 1.807) is 6.07 Å². The molecule has 0 saturated carbocycles. The SMILES string of the molecule is CN1CCc2ccc(NC(=O)Nc3cccc(Oc4ccccc4)c3)cc2C1. The lowest BCUT2D eigenvalue weighted by molar-refractivity contribution is 0.262. The molecule has 28 heavy (non-hydrogen) atoms. The van der Waals surface area contributed by atoms with Gasteiger partial charge in [0.1, 0.15) is 11.5 Å². The molecule has 1 heterocycles. The van der Waals surface area contributed by atoms with Crippen molar-refractivity contribution >= 4 is 17.4 Å². The minimum atomic E-state index is -0.277. The normalized spacial score (nSPS) is 13.5. The number of para-hydroxylation sites is 1. The highest BCUT2D eigenvalue weighted by Crippen LogP contribution is 2.25. The van der Waals surface area contributed by atoms with Crippen LogP contribution in [0.25, 0.3) is 0 Å². The van der Waals surface area contributed by atoms with E-state index in [1.807, 2.05) is 54.6 Å². The first-order valence-corrected chi connectivity index (χ1v) is 9.37. The number of urea groups is 1. The van der Waals surface area contributed by atoms with Crippen LogP contribution in [-0.4, -0.2) is 24.5 Å². The van der Waals surface area contributed by atoms with Crippen molar-refractivity contribution in [2.24, 2.45) is 0 Å². The molecule has 0 unspecified atom stereocenters. The lowest BCUT2D eigenvalue weighted by atomic mass is 9.99. The predicted molar refractivity (Wildman–Crippen MR) is 112 cm³/mol. The van der Waals surface area contributed by atoms with Crippen LogP contribution in [0.1, 0.15) is 11.1 Å². The highest BCUT2D eigenvalue weighted by molar-refractivity contribution is 5.99. The van der Waals surface area contributed by atoms with Crippen LogP contribution in [0.2, 0.25) is 0 Å². The molecule has 0 fully saturated rings. The molecule has 0 bridgehead atoms. The van der Waals surface area contributed by atoms with E-state index in [0.717, 1.165) is 30.9 Å². The van der Waals surface area contributed by atoms with Crippen molar-refractivity contribution < 1.29 is 9.53 Å². The average Bonchev–Trinajstić information content (AvgIpc) is 2.68. The maximum Gasteiger partial charge on any atom is 0.323 e. The second-order valence-corrected chi connectivity index (χ2v) is 6.99. The third-order valence-electron chi connectivity index (χ3n) is 4.74. The number of rotatable bonds is 4. The fourth-order valence-corrected chi connectivity index (χ4v) is 3.33. The van der Waals surface area contributed by atoms with Crippen molar-refractivity contribution in [1.82, 2.24) is 4.90 Å². The van der Waals surface area contributed by atoms with Gasteiger partial charge >= 0.3 is 6.03 Å². The van der Waals surface area contributed by atoms with Gasteiger partial charge in [0.2, 0.25) is 0 Å². The molecule has 0 saturated heterocycles. The fourth-order valence-electron chi connectivity index (χ4n) is 3.33. The summed E-state index contributed by atoms with van der Waals surface area (Å²) in [5, 5.41) is 5.78. The van der Waals surface area contributed by atoms with Gasteiger partial charge in [-0.15, -0.1) is 0 Å². The Labute approximate surface area is 164 Å². The number of benzene rings is 3. The van der Waals surface area contributed by atoms with Gasteiger partial charge in [-0.2, -0.15) is 0 Å². The van der Waals surface area contributed by atoms with Gasteiger partial charge in [0, 0.05) is 30.5 Å². The number of ether oxygens (including phenoxy) is 1. The average molecular weight is 373 g/mol. The number of hydrogen-bond donors (Lipinski definition) is 2. The van der Waals surface area contributed by atoms with E-state index in [-0.39, 0.29) is 6.03 Å². The number of anilines is 2. The third kappa shape index (κ3) is 4.50. The van der Waals surface area contributed by atoms with Gasteiger partial charge in [0.05, 0.1) is 0 Å². The standard InChI is InChI=1S/C23H23N3O2/c1-26-13-12-17-10-11-20(14-18(17)16-26)25-23(27)24-19-6-5-9-22(15-19)28-21-7-3-2-4-8-21/h2-11,14-15H,12-13,16H2,1H3,(H2,24,25,27). The second-order valence-electron chi connectivity index (χ2n) is 6.99. The highest BCUT2D eigenvalue weighted by Gasteiger charge is 2.14. The van der Waals surface area contributed by atoms with Gasteiger partial charge in [-0.05, 0) is 61.0 Å². The van der Waals surface area contributed by atoms with Gasteiger partial charge < -0.3 is 20.3 Å². The smallest absolute Gasteiger partial charge is 0.323 e. The zero-order valence-corrected chi connectivity index (χ0v) is 15.8. The van der Waals surface area contributed by atoms with E-state index < -0.39 is 0 Å². The molecule has 1 aliphatic heterocycles. The zero-order chi connectivity index (χ0) is 19.3. The van der Waals surface area contributed by atoms with E-state index in [9.17, 15) is 4.79 Å². The van der Waals surface area contributed by atoms with Crippen molar-refractivity contribution in [3.05, 3.63) is 83.9 Å². The fraction of sp³-hybridized carbons (Fsp3) is 0.174. The quantitative estimate of drug-likeness (QED) is 0.668. The number of hydrogen-bond acceptors (Lipinski definition) is 3. The van der Waals surface area contributed by atoms with Gasteiger partial charge in [0.15, 0.2) is 0 Å². The van der Waals surface area contributed by atoms with Crippen molar-refractivity contribution in [1.29, 1.82) is 0 Å². The molecule has 142 valence electrons. The van der Waals surface area contributed by atoms with Crippen molar-refractivity contribution in [3.8, 4) is 11.5 Å². The maximum atomic E-state index is 12.4. The monoisotopic (exact) mass is 373 g/mol. The number of fused-ring (bicyclic) bond motifs is 1. The van der Waals surface area contributed by atoms with Gasteiger partial charge in [-0.3, -0.25) is 0 Å². The summed E-state index contributed by atoms with van der Waals surface area (Å²) in [6.07, 6.45) is 1.05. The molecular weight excluding hydrogens is 350 g/mol. The predicted octanol–water partition coefficient (Wildman–Crippen LogP) is 5.11. The topological polar surface area (TPSA) is 53.6 Å². The summed E-state index contributed by atoms with van der Waals surface area (Å²) in [7, 11) is 2.11. The number of likely N-dealkylation sites (N-methyl/N-ethyl adjacent to an activating group) is 1. The summed E-state index contributed by atoms with van der Waals surface area (Å²) < 4.78 is 5.81. The molecule has 0 atom stereocenters. The summed E-state index contributed by atoms with van der Waals surface area (Å²) >= 11 is 0. The minimum Gasteiger partial charge on any atom is -0.457 e. The van der Waals surface area contributed by atoms with E-state index in [1.165, 1.54) is 11.1 Å². The zero-order valence-electron chi connectivity index (χ0n) is 15.8. The van der Waals surface area contributed by atoms with Crippen LogP contribution >= 0.6 is 0 Å². The Bertz CT molecular complexity index is 973. The molecule has 0 radical (unpaired) electrons. The molecule has 0 spiro atoms. The lowest BCUT2D eigenvalue weighted by Crippen LogP contribution is -2.26. The van der Waals surface area contributed by atoms with Crippen molar-refractivity contribution in [3.63, 3.8) is 0 Å².